The van der Waals surface area contributed by atoms with Crippen molar-refractivity contribution in [1.29, 1.82) is 0 Å². The van der Waals surface area contributed by atoms with Crippen LogP contribution in [0.15, 0.2) is 48.5 Å². The van der Waals surface area contributed by atoms with Crippen LogP contribution in [-0.4, -0.2) is 46.5 Å². The van der Waals surface area contributed by atoms with E-state index in [1.54, 1.807) is 0 Å². The predicted molar refractivity (Wildman–Crippen MR) is 104 cm³/mol. The fourth-order valence-corrected chi connectivity index (χ4v) is 2.69. The number of benzene rings is 2. The molecule has 0 saturated heterocycles. The summed E-state index contributed by atoms with van der Waals surface area (Å²) in [6, 6.07) is 13.5. The monoisotopic (exact) mass is 373 g/mol. The molecule has 7 heteroatoms. The van der Waals surface area contributed by atoms with Crippen LogP contribution in [0.25, 0.3) is 0 Å². The first-order valence-corrected chi connectivity index (χ1v) is 8.70. The minimum absolute atomic E-state index is 0.00729. The van der Waals surface area contributed by atoms with Gasteiger partial charge in [-0.2, -0.15) is 0 Å². The number of nitrogens with one attached hydrogen (secondary N) is 3. The number of rotatable bonds is 6. The number of hydrogen-bond donors (Lipinski definition) is 3. The van der Waals surface area contributed by atoms with Crippen LogP contribution >= 0.6 is 0 Å². The summed E-state index contributed by atoms with van der Waals surface area (Å²) >= 11 is 0. The highest BCUT2D eigenvalue weighted by atomic mass is 19.1. The Kier molecular flexibility index (Phi) is 6.90. The maximum atomic E-state index is 13.2. The molecule has 2 aromatic carbocycles. The summed E-state index contributed by atoms with van der Waals surface area (Å²) in [6.07, 6.45) is 0. The van der Waals surface area contributed by atoms with E-state index in [0.29, 0.717) is 6.54 Å². The Bertz CT molecular complexity index is 791. The van der Waals surface area contributed by atoms with Crippen LogP contribution in [-0.2, 0) is 9.59 Å². The van der Waals surface area contributed by atoms with E-state index in [4.69, 9.17) is 0 Å². The van der Waals surface area contributed by atoms with E-state index in [-0.39, 0.29) is 11.7 Å². The van der Waals surface area contributed by atoms with E-state index in [1.807, 2.05) is 57.4 Å². The van der Waals surface area contributed by atoms with Gasteiger partial charge in [0.05, 0.1) is 20.6 Å². The minimum Gasteiger partial charge on any atom is -0.378 e. The maximum Gasteiger partial charge on any atom is 0.313 e. The third kappa shape index (κ3) is 5.79. The molecule has 3 N–H and O–H groups in total. The average Bonchev–Trinajstić information content (AvgIpc) is 2.61. The van der Waals surface area contributed by atoms with Gasteiger partial charge in [0.15, 0.2) is 0 Å². The number of amides is 2. The van der Waals surface area contributed by atoms with E-state index in [2.05, 4.69) is 10.6 Å². The molecule has 0 aliphatic carbocycles. The normalized spacial score (nSPS) is 11.8. The Morgan fingerprint density at radius 2 is 1.74 bits per heavy atom. The van der Waals surface area contributed by atoms with Gasteiger partial charge in [0.1, 0.15) is 11.9 Å². The third-order valence-electron chi connectivity index (χ3n) is 4.26. The zero-order valence-corrected chi connectivity index (χ0v) is 16.0. The van der Waals surface area contributed by atoms with Crippen LogP contribution < -0.4 is 20.4 Å². The molecule has 144 valence electrons. The summed E-state index contributed by atoms with van der Waals surface area (Å²) in [7, 11) is 7.93. The molecule has 0 radical (unpaired) electrons. The second kappa shape index (κ2) is 9.14. The van der Waals surface area contributed by atoms with Gasteiger partial charge < -0.3 is 20.4 Å². The van der Waals surface area contributed by atoms with E-state index >= 15 is 0 Å². The first kappa shape index (κ1) is 20.4. The first-order valence-electron chi connectivity index (χ1n) is 8.70. The van der Waals surface area contributed by atoms with Gasteiger partial charge in [-0.15, -0.1) is 0 Å². The molecule has 27 heavy (non-hydrogen) atoms. The number of quaternary nitrogens is 1. The Labute approximate surface area is 159 Å². The zero-order valence-electron chi connectivity index (χ0n) is 16.0. The van der Waals surface area contributed by atoms with E-state index in [9.17, 15) is 14.0 Å². The number of carbonyl (C=O) groups excluding carboxylic acids is 2. The molecule has 2 amide bonds. The van der Waals surface area contributed by atoms with Crippen molar-refractivity contribution in [3.63, 3.8) is 0 Å². The summed E-state index contributed by atoms with van der Waals surface area (Å²) in [5.41, 5.74) is 2.39. The number of hydrogen-bond acceptors (Lipinski definition) is 3. The SMILES string of the molecule is CN(C)c1ccc([C@H](CNC(=O)C(=O)Nc2cccc(F)c2)[NH+](C)C)cc1. The average molecular weight is 373 g/mol. The molecule has 0 saturated carbocycles. The van der Waals surface area contributed by atoms with E-state index in [1.165, 1.54) is 18.2 Å². The van der Waals surface area contributed by atoms with Crippen molar-refractivity contribution in [1.82, 2.24) is 5.32 Å². The molecule has 0 fully saturated rings. The lowest BCUT2D eigenvalue weighted by molar-refractivity contribution is -0.890. The molecule has 1 atom stereocenters. The standard InChI is InChI=1S/C20H25FN4O2/c1-24(2)17-10-8-14(9-11-17)18(25(3)4)13-22-19(26)20(27)23-16-7-5-6-15(21)12-16/h5-12,18H,13H2,1-4H3,(H,22,26)(H,23,27)/p+1/t18-/m0/s1. The quantitative estimate of drug-likeness (QED) is 0.658. The molecule has 6 nitrogen and oxygen atoms in total. The molecular weight excluding hydrogens is 347 g/mol. The van der Waals surface area contributed by atoms with Gasteiger partial charge >= 0.3 is 11.8 Å². The van der Waals surface area contributed by atoms with Crippen LogP contribution in [0.3, 0.4) is 0 Å². The molecule has 0 aromatic heterocycles. The van der Waals surface area contributed by atoms with Gasteiger partial charge in [-0.3, -0.25) is 9.59 Å². The largest absolute Gasteiger partial charge is 0.378 e. The minimum atomic E-state index is -0.823. The smallest absolute Gasteiger partial charge is 0.313 e. The second-order valence-corrected chi connectivity index (χ2v) is 6.79. The number of carbonyl (C=O) groups is 2. The molecule has 0 aliphatic heterocycles. The van der Waals surface area contributed by atoms with Crippen molar-refractivity contribution in [2.75, 3.05) is 45.0 Å². The van der Waals surface area contributed by atoms with Crippen molar-refractivity contribution in [3.05, 3.63) is 59.9 Å². The zero-order chi connectivity index (χ0) is 20.0. The van der Waals surface area contributed by atoms with Gasteiger partial charge in [-0.25, -0.2) is 4.39 Å². The summed E-state index contributed by atoms with van der Waals surface area (Å²) in [4.78, 5) is 27.2. The fraction of sp³-hybridized carbons (Fsp3) is 0.300. The van der Waals surface area contributed by atoms with Crippen LogP contribution in [0.2, 0.25) is 0 Å². The molecule has 0 unspecified atom stereocenters. The highest BCUT2D eigenvalue weighted by Crippen LogP contribution is 2.16. The van der Waals surface area contributed by atoms with Crippen LogP contribution in [0.4, 0.5) is 15.8 Å². The highest BCUT2D eigenvalue weighted by Gasteiger charge is 2.21. The van der Waals surface area contributed by atoms with Crippen LogP contribution in [0, 0.1) is 5.82 Å². The Hall–Kier alpha value is -2.93. The maximum absolute atomic E-state index is 13.2. The van der Waals surface area contributed by atoms with Crippen molar-refractivity contribution in [2.24, 2.45) is 0 Å². The summed E-state index contributed by atoms with van der Waals surface area (Å²) in [5.74, 6) is -2.06. The van der Waals surface area contributed by atoms with Crippen LogP contribution in [0.1, 0.15) is 11.6 Å². The van der Waals surface area contributed by atoms with Crippen molar-refractivity contribution >= 4 is 23.2 Å². The van der Waals surface area contributed by atoms with Gasteiger partial charge in [0.2, 0.25) is 0 Å². The van der Waals surface area contributed by atoms with E-state index in [0.717, 1.165) is 22.2 Å². The third-order valence-corrected chi connectivity index (χ3v) is 4.26. The first-order chi connectivity index (χ1) is 12.8. The lowest BCUT2D eigenvalue weighted by atomic mass is 10.1. The van der Waals surface area contributed by atoms with Crippen molar-refractivity contribution in [2.45, 2.75) is 6.04 Å². The number of nitrogens with zero attached hydrogens (tertiary/aromatic N) is 1. The highest BCUT2D eigenvalue weighted by molar-refractivity contribution is 6.39. The Balaban J connectivity index is 1.98. The molecule has 0 heterocycles. The number of likely N-dealkylation sites (N-methyl/N-ethyl adjacent to an activating group) is 1. The van der Waals surface area contributed by atoms with Crippen molar-refractivity contribution in [3.8, 4) is 0 Å². The van der Waals surface area contributed by atoms with Gasteiger partial charge in [0.25, 0.3) is 0 Å². The number of halogens is 1. The van der Waals surface area contributed by atoms with Gasteiger partial charge in [-0.1, -0.05) is 18.2 Å². The summed E-state index contributed by atoms with van der Waals surface area (Å²) in [5, 5.41) is 5.05. The molecular formula is C20H26FN4O2+. The molecule has 0 bridgehead atoms. The Morgan fingerprint density at radius 3 is 2.30 bits per heavy atom. The molecule has 0 aliphatic rings. The predicted octanol–water partition coefficient (Wildman–Crippen LogP) is 0.832. The van der Waals surface area contributed by atoms with Gasteiger partial charge in [-0.05, 0) is 30.3 Å². The van der Waals surface area contributed by atoms with Gasteiger partial charge in [0, 0.05) is 31.0 Å². The lowest BCUT2D eigenvalue weighted by Crippen LogP contribution is -3.07. The molecule has 2 aromatic rings. The lowest BCUT2D eigenvalue weighted by Gasteiger charge is -2.23. The summed E-state index contributed by atoms with van der Waals surface area (Å²) < 4.78 is 13.2. The van der Waals surface area contributed by atoms with Crippen LogP contribution in [0.5, 0.6) is 0 Å². The topological polar surface area (TPSA) is 65.9 Å². The molecule has 2 rings (SSSR count). The van der Waals surface area contributed by atoms with Crippen molar-refractivity contribution < 1.29 is 18.9 Å². The number of anilines is 2. The summed E-state index contributed by atoms with van der Waals surface area (Å²) in [6.45, 7) is 0.305. The Morgan fingerprint density at radius 1 is 1.07 bits per heavy atom. The fourth-order valence-electron chi connectivity index (χ4n) is 2.69. The van der Waals surface area contributed by atoms with E-state index < -0.39 is 17.6 Å². The molecule has 0 spiro atoms. The second-order valence-electron chi connectivity index (χ2n) is 6.79.